The summed E-state index contributed by atoms with van der Waals surface area (Å²) < 4.78 is 8.63. The maximum atomic E-state index is 13.2. The highest BCUT2D eigenvalue weighted by Gasteiger charge is 2.15. The number of pyridine rings is 1. The highest BCUT2D eigenvalue weighted by Crippen LogP contribution is 2.27. The number of nitrogens with zero attached hydrogens (tertiary/aromatic N) is 3. The average Bonchev–Trinajstić information content (AvgIpc) is 3.07. The van der Waals surface area contributed by atoms with E-state index in [0.717, 1.165) is 27.7 Å². The summed E-state index contributed by atoms with van der Waals surface area (Å²) in [5, 5.41) is 6.80. The number of benzene rings is 2. The first-order valence-corrected chi connectivity index (χ1v) is 8.36. The van der Waals surface area contributed by atoms with Gasteiger partial charge in [-0.1, -0.05) is 17.7 Å². The molecule has 6 heteroatoms. The third-order valence-electron chi connectivity index (χ3n) is 4.31. The summed E-state index contributed by atoms with van der Waals surface area (Å²) in [7, 11) is 1.61. The first-order valence-electron chi connectivity index (χ1n) is 7.98. The largest absolute Gasteiger partial charge is 0.497 e. The summed E-state index contributed by atoms with van der Waals surface area (Å²) in [6.07, 6.45) is 1.91. The zero-order chi connectivity index (χ0) is 17.6. The Labute approximate surface area is 149 Å². The van der Waals surface area contributed by atoms with E-state index in [1.165, 1.54) is 0 Å². The van der Waals surface area contributed by atoms with Gasteiger partial charge in [0.2, 0.25) is 0 Å². The SMILES string of the molecule is CCn1cc2c(n1)c(=O)n(-c1ccc(OC)cc1)c1cc(Cl)ccc21. The van der Waals surface area contributed by atoms with Crippen LogP contribution < -0.4 is 10.3 Å². The van der Waals surface area contributed by atoms with Crippen LogP contribution in [0.5, 0.6) is 5.75 Å². The van der Waals surface area contributed by atoms with Crippen LogP contribution in [-0.2, 0) is 6.54 Å². The van der Waals surface area contributed by atoms with Crippen LogP contribution >= 0.6 is 11.6 Å². The highest BCUT2D eigenvalue weighted by molar-refractivity contribution is 6.31. The Morgan fingerprint density at radius 1 is 1.12 bits per heavy atom. The lowest BCUT2D eigenvalue weighted by atomic mass is 10.1. The zero-order valence-electron chi connectivity index (χ0n) is 13.9. The summed E-state index contributed by atoms with van der Waals surface area (Å²) in [5.74, 6) is 0.732. The molecule has 2 aromatic carbocycles. The summed E-state index contributed by atoms with van der Waals surface area (Å²) >= 11 is 6.21. The van der Waals surface area contributed by atoms with Crippen molar-refractivity contribution < 1.29 is 4.74 Å². The number of methoxy groups -OCH3 is 1. The number of hydrogen-bond acceptors (Lipinski definition) is 3. The molecule has 0 unspecified atom stereocenters. The monoisotopic (exact) mass is 353 g/mol. The van der Waals surface area contributed by atoms with E-state index in [1.54, 1.807) is 16.4 Å². The predicted molar refractivity (Wildman–Crippen MR) is 100 cm³/mol. The molecule has 126 valence electrons. The van der Waals surface area contributed by atoms with Crippen LogP contribution in [0.25, 0.3) is 27.5 Å². The molecule has 25 heavy (non-hydrogen) atoms. The molecule has 0 saturated carbocycles. The van der Waals surface area contributed by atoms with E-state index in [9.17, 15) is 4.79 Å². The summed E-state index contributed by atoms with van der Waals surface area (Å²) in [5.41, 5.74) is 1.78. The van der Waals surface area contributed by atoms with Gasteiger partial charge in [0.05, 0.1) is 12.6 Å². The maximum Gasteiger partial charge on any atom is 0.283 e. The van der Waals surface area contributed by atoms with Crippen molar-refractivity contribution in [2.45, 2.75) is 13.5 Å². The van der Waals surface area contributed by atoms with Gasteiger partial charge in [0.15, 0.2) is 5.52 Å². The quantitative estimate of drug-likeness (QED) is 0.559. The van der Waals surface area contributed by atoms with Crippen molar-refractivity contribution in [3.05, 3.63) is 64.0 Å². The van der Waals surface area contributed by atoms with E-state index in [4.69, 9.17) is 16.3 Å². The van der Waals surface area contributed by atoms with Crippen LogP contribution in [0.15, 0.2) is 53.5 Å². The smallest absolute Gasteiger partial charge is 0.283 e. The molecule has 0 aliphatic rings. The van der Waals surface area contributed by atoms with E-state index in [1.807, 2.05) is 55.6 Å². The van der Waals surface area contributed by atoms with Gasteiger partial charge in [0, 0.05) is 34.2 Å². The predicted octanol–water partition coefficient (Wildman–Crippen LogP) is 4.02. The highest BCUT2D eigenvalue weighted by atomic mass is 35.5. The fraction of sp³-hybridized carbons (Fsp3) is 0.158. The molecule has 0 fully saturated rings. The van der Waals surface area contributed by atoms with Crippen LogP contribution in [0.2, 0.25) is 5.02 Å². The van der Waals surface area contributed by atoms with Gasteiger partial charge in [-0.25, -0.2) is 0 Å². The Bertz CT molecular complexity index is 1140. The molecule has 4 aromatic rings. The molecule has 0 N–H and O–H groups in total. The molecule has 0 saturated heterocycles. The fourth-order valence-electron chi connectivity index (χ4n) is 3.06. The summed E-state index contributed by atoms with van der Waals surface area (Å²) in [6, 6.07) is 12.9. The summed E-state index contributed by atoms with van der Waals surface area (Å²) in [4.78, 5) is 13.2. The minimum Gasteiger partial charge on any atom is -0.497 e. The summed E-state index contributed by atoms with van der Waals surface area (Å²) in [6.45, 7) is 2.69. The molecule has 0 bridgehead atoms. The fourth-order valence-corrected chi connectivity index (χ4v) is 3.23. The number of ether oxygens (including phenoxy) is 1. The molecule has 0 amide bonds. The number of aryl methyl sites for hydroxylation is 1. The van der Waals surface area contributed by atoms with E-state index in [0.29, 0.717) is 17.1 Å². The third kappa shape index (κ3) is 2.48. The zero-order valence-corrected chi connectivity index (χ0v) is 14.6. The van der Waals surface area contributed by atoms with Crippen molar-refractivity contribution in [3.8, 4) is 11.4 Å². The number of halogens is 1. The Hall–Kier alpha value is -2.79. The molecule has 0 spiro atoms. The molecular weight excluding hydrogens is 338 g/mol. The third-order valence-corrected chi connectivity index (χ3v) is 4.55. The van der Waals surface area contributed by atoms with E-state index < -0.39 is 0 Å². The van der Waals surface area contributed by atoms with E-state index in [-0.39, 0.29) is 5.56 Å². The minimum atomic E-state index is -0.165. The van der Waals surface area contributed by atoms with Gasteiger partial charge >= 0.3 is 0 Å². The van der Waals surface area contributed by atoms with Crippen LogP contribution in [0, 0.1) is 0 Å². The lowest BCUT2D eigenvalue weighted by Gasteiger charge is -2.12. The Kier molecular flexibility index (Phi) is 3.73. The average molecular weight is 354 g/mol. The molecule has 0 radical (unpaired) electrons. The Morgan fingerprint density at radius 2 is 1.88 bits per heavy atom. The second-order valence-corrected chi connectivity index (χ2v) is 6.18. The van der Waals surface area contributed by atoms with Crippen molar-refractivity contribution >= 4 is 33.4 Å². The first kappa shape index (κ1) is 15.7. The van der Waals surface area contributed by atoms with Gasteiger partial charge in [-0.3, -0.25) is 14.0 Å². The second-order valence-electron chi connectivity index (χ2n) is 5.75. The van der Waals surface area contributed by atoms with Gasteiger partial charge in [-0.2, -0.15) is 5.10 Å². The van der Waals surface area contributed by atoms with E-state index in [2.05, 4.69) is 5.10 Å². The molecule has 4 rings (SSSR count). The number of rotatable bonds is 3. The lowest BCUT2D eigenvalue weighted by Crippen LogP contribution is -2.19. The van der Waals surface area contributed by atoms with Crippen LogP contribution in [0.1, 0.15) is 6.92 Å². The topological polar surface area (TPSA) is 49.0 Å². The maximum absolute atomic E-state index is 13.2. The van der Waals surface area contributed by atoms with Crippen LogP contribution in [0.4, 0.5) is 0 Å². The van der Waals surface area contributed by atoms with Gasteiger partial charge in [0.25, 0.3) is 5.56 Å². The van der Waals surface area contributed by atoms with Crippen molar-refractivity contribution in [2.24, 2.45) is 0 Å². The van der Waals surface area contributed by atoms with Gasteiger partial charge in [0.1, 0.15) is 5.75 Å². The first-order chi connectivity index (χ1) is 12.1. The van der Waals surface area contributed by atoms with Gasteiger partial charge < -0.3 is 4.74 Å². The van der Waals surface area contributed by atoms with Gasteiger partial charge in [-0.15, -0.1) is 0 Å². The van der Waals surface area contributed by atoms with Crippen molar-refractivity contribution in [1.29, 1.82) is 0 Å². The van der Waals surface area contributed by atoms with Crippen LogP contribution in [0.3, 0.4) is 0 Å². The molecular formula is C19H16ClN3O2. The Balaban J connectivity index is 2.14. The second kappa shape index (κ2) is 5.93. The molecule has 0 aliphatic carbocycles. The molecule has 2 heterocycles. The Morgan fingerprint density at radius 3 is 2.56 bits per heavy atom. The molecule has 2 aromatic heterocycles. The van der Waals surface area contributed by atoms with E-state index >= 15 is 0 Å². The minimum absolute atomic E-state index is 0.165. The standard InChI is InChI=1S/C19H16ClN3O2/c1-3-22-11-16-15-9-4-12(20)10-17(15)23(19(24)18(16)21-22)13-5-7-14(25-2)8-6-13/h4-11H,3H2,1-2H3. The molecule has 0 atom stereocenters. The number of aromatic nitrogens is 3. The lowest BCUT2D eigenvalue weighted by molar-refractivity contribution is 0.415. The number of hydrogen-bond donors (Lipinski definition) is 0. The van der Waals surface area contributed by atoms with Crippen molar-refractivity contribution in [2.75, 3.05) is 7.11 Å². The normalized spacial score (nSPS) is 11.3. The molecule has 5 nitrogen and oxygen atoms in total. The van der Waals surface area contributed by atoms with Crippen molar-refractivity contribution in [3.63, 3.8) is 0 Å². The van der Waals surface area contributed by atoms with Crippen molar-refractivity contribution in [1.82, 2.24) is 14.3 Å². The van der Waals surface area contributed by atoms with Crippen LogP contribution in [-0.4, -0.2) is 21.5 Å². The number of fused-ring (bicyclic) bond motifs is 3. The molecule has 0 aliphatic heterocycles. The van der Waals surface area contributed by atoms with Gasteiger partial charge in [-0.05, 0) is 43.3 Å².